The monoisotopic (exact) mass is 436 g/mol. The Labute approximate surface area is 177 Å². The summed E-state index contributed by atoms with van der Waals surface area (Å²) >= 11 is 0. The van der Waals surface area contributed by atoms with E-state index in [2.05, 4.69) is 10.1 Å². The first-order valence-corrected chi connectivity index (χ1v) is 11.6. The van der Waals surface area contributed by atoms with Gasteiger partial charge >= 0.3 is 0 Å². The molecule has 2 aromatic rings. The number of ether oxygens (including phenoxy) is 1. The highest BCUT2D eigenvalue weighted by atomic mass is 32.2. The molecule has 1 amide bonds. The molecule has 0 spiro atoms. The molecule has 9 nitrogen and oxygen atoms in total. The summed E-state index contributed by atoms with van der Waals surface area (Å²) in [6, 6.07) is 6.42. The first-order chi connectivity index (χ1) is 14.3. The Morgan fingerprint density at radius 1 is 1.23 bits per heavy atom. The summed E-state index contributed by atoms with van der Waals surface area (Å²) in [5.74, 6) is 1.38. The molecule has 1 aliphatic heterocycles. The molecule has 2 heterocycles. The lowest BCUT2D eigenvalue weighted by molar-refractivity contribution is -0.136. The van der Waals surface area contributed by atoms with Crippen molar-refractivity contribution < 1.29 is 22.5 Å². The number of hydrogen-bond acceptors (Lipinski definition) is 7. The quantitative estimate of drug-likeness (QED) is 0.624. The molecular weight excluding hydrogens is 408 g/mol. The molecular formula is C20H28N4O5S. The van der Waals surface area contributed by atoms with E-state index in [-0.39, 0.29) is 23.3 Å². The van der Waals surface area contributed by atoms with Gasteiger partial charge in [-0.25, -0.2) is 8.42 Å². The maximum atomic E-state index is 12.9. The van der Waals surface area contributed by atoms with Crippen LogP contribution in [0.25, 0.3) is 0 Å². The van der Waals surface area contributed by atoms with E-state index < -0.39 is 10.0 Å². The predicted molar refractivity (Wildman–Crippen MR) is 109 cm³/mol. The van der Waals surface area contributed by atoms with Gasteiger partial charge in [-0.2, -0.15) is 9.29 Å². The number of carbonyl (C=O) groups is 1. The third-order valence-corrected chi connectivity index (χ3v) is 7.06. The highest BCUT2D eigenvalue weighted by Crippen LogP contribution is 2.26. The maximum Gasteiger partial charge on any atom is 0.246 e. The molecule has 0 bridgehead atoms. The normalized spacial score (nSPS) is 15.8. The van der Waals surface area contributed by atoms with Crippen molar-refractivity contribution in [3.05, 3.63) is 36.0 Å². The molecule has 0 aliphatic carbocycles. The van der Waals surface area contributed by atoms with Crippen LogP contribution in [0.2, 0.25) is 0 Å². The number of rotatable bonds is 8. The molecule has 0 unspecified atom stereocenters. The standard InChI is InChI=1S/C20H28N4O5S/c1-4-18-21-19(29-22-18)14-23(3)20(25)15-10-12-24(13-11-15)30(26,27)17-8-6-16(7-9-17)28-5-2/h6-9,15H,4-5,10-14H2,1-3H3. The zero-order valence-electron chi connectivity index (χ0n) is 17.6. The Hall–Kier alpha value is -2.46. The Morgan fingerprint density at radius 2 is 1.90 bits per heavy atom. The molecule has 1 fully saturated rings. The zero-order chi connectivity index (χ0) is 21.7. The average molecular weight is 437 g/mol. The summed E-state index contributed by atoms with van der Waals surface area (Å²) < 4.78 is 37.8. The van der Waals surface area contributed by atoms with Crippen molar-refractivity contribution in [1.29, 1.82) is 0 Å². The summed E-state index contributed by atoms with van der Waals surface area (Å²) in [6.45, 7) is 5.18. The van der Waals surface area contributed by atoms with Crippen LogP contribution in [-0.4, -0.2) is 60.4 Å². The molecule has 3 rings (SSSR count). The van der Waals surface area contributed by atoms with Crippen molar-refractivity contribution >= 4 is 15.9 Å². The third kappa shape index (κ3) is 4.99. The van der Waals surface area contributed by atoms with Crippen LogP contribution in [0.3, 0.4) is 0 Å². The minimum atomic E-state index is -3.59. The summed E-state index contributed by atoms with van der Waals surface area (Å²) in [7, 11) is -1.90. The fourth-order valence-electron chi connectivity index (χ4n) is 3.46. The third-order valence-electron chi connectivity index (χ3n) is 5.15. The highest BCUT2D eigenvalue weighted by Gasteiger charge is 2.33. The fourth-order valence-corrected chi connectivity index (χ4v) is 4.93. The smallest absolute Gasteiger partial charge is 0.246 e. The first kappa shape index (κ1) is 22.2. The Bertz CT molecular complexity index is 950. The van der Waals surface area contributed by atoms with Crippen LogP contribution in [0.5, 0.6) is 5.75 Å². The fraction of sp³-hybridized carbons (Fsp3) is 0.550. The van der Waals surface area contributed by atoms with Crippen molar-refractivity contribution in [1.82, 2.24) is 19.3 Å². The molecule has 0 saturated carbocycles. The van der Waals surface area contributed by atoms with Crippen molar-refractivity contribution in [2.24, 2.45) is 5.92 Å². The predicted octanol–water partition coefficient (Wildman–Crippen LogP) is 2.09. The van der Waals surface area contributed by atoms with E-state index in [1.165, 1.54) is 4.31 Å². The van der Waals surface area contributed by atoms with Gasteiger partial charge in [-0.3, -0.25) is 4.79 Å². The lowest BCUT2D eigenvalue weighted by Gasteiger charge is -2.32. The number of nitrogens with zero attached hydrogens (tertiary/aromatic N) is 4. The van der Waals surface area contributed by atoms with Gasteiger partial charge in [0.15, 0.2) is 5.82 Å². The number of aryl methyl sites for hydroxylation is 1. The van der Waals surface area contributed by atoms with Gasteiger partial charge in [0.2, 0.25) is 21.8 Å². The van der Waals surface area contributed by atoms with Crippen LogP contribution in [0.4, 0.5) is 0 Å². The second kappa shape index (κ2) is 9.57. The summed E-state index contributed by atoms with van der Waals surface area (Å²) in [5.41, 5.74) is 0. The van der Waals surface area contributed by atoms with E-state index in [9.17, 15) is 13.2 Å². The molecule has 1 aromatic heterocycles. The number of piperidine rings is 1. The number of benzene rings is 1. The van der Waals surface area contributed by atoms with Gasteiger partial charge in [-0.05, 0) is 44.0 Å². The molecule has 0 atom stereocenters. The van der Waals surface area contributed by atoms with Gasteiger partial charge in [0.25, 0.3) is 0 Å². The van der Waals surface area contributed by atoms with E-state index >= 15 is 0 Å². The van der Waals surface area contributed by atoms with Crippen LogP contribution in [0.1, 0.15) is 38.4 Å². The van der Waals surface area contributed by atoms with Gasteiger partial charge in [0, 0.05) is 32.5 Å². The zero-order valence-corrected chi connectivity index (χ0v) is 18.4. The van der Waals surface area contributed by atoms with E-state index in [0.29, 0.717) is 56.4 Å². The van der Waals surface area contributed by atoms with Crippen molar-refractivity contribution in [2.75, 3.05) is 26.7 Å². The summed E-state index contributed by atoms with van der Waals surface area (Å²) in [5, 5.41) is 3.84. The van der Waals surface area contributed by atoms with Crippen LogP contribution >= 0.6 is 0 Å². The maximum absolute atomic E-state index is 12.9. The number of sulfonamides is 1. The Kier molecular flexibility index (Phi) is 7.09. The second-order valence-electron chi connectivity index (χ2n) is 7.23. The topological polar surface area (TPSA) is 106 Å². The SMILES string of the molecule is CCOc1ccc(S(=O)(=O)N2CCC(C(=O)N(C)Cc3nc(CC)no3)CC2)cc1. The van der Waals surface area contributed by atoms with Crippen LogP contribution in [-0.2, 0) is 27.8 Å². The number of hydrogen-bond donors (Lipinski definition) is 0. The number of aromatic nitrogens is 2. The molecule has 1 aromatic carbocycles. The highest BCUT2D eigenvalue weighted by molar-refractivity contribution is 7.89. The lowest BCUT2D eigenvalue weighted by atomic mass is 9.97. The lowest BCUT2D eigenvalue weighted by Crippen LogP contribution is -2.43. The molecule has 164 valence electrons. The van der Waals surface area contributed by atoms with Crippen LogP contribution < -0.4 is 4.74 Å². The molecule has 0 radical (unpaired) electrons. The minimum absolute atomic E-state index is 0.0376. The van der Waals surface area contributed by atoms with Crippen molar-refractivity contribution in [3.63, 3.8) is 0 Å². The summed E-state index contributed by atoms with van der Waals surface area (Å²) in [6.07, 6.45) is 1.62. The number of amides is 1. The van der Waals surface area contributed by atoms with Crippen LogP contribution in [0, 0.1) is 5.92 Å². The second-order valence-corrected chi connectivity index (χ2v) is 9.17. The van der Waals surface area contributed by atoms with Gasteiger partial charge in [0.1, 0.15) is 5.75 Å². The van der Waals surface area contributed by atoms with Crippen molar-refractivity contribution in [3.8, 4) is 5.75 Å². The number of carbonyl (C=O) groups excluding carboxylic acids is 1. The molecule has 0 N–H and O–H groups in total. The molecule has 10 heteroatoms. The van der Waals surface area contributed by atoms with Gasteiger partial charge in [-0.15, -0.1) is 0 Å². The molecule has 30 heavy (non-hydrogen) atoms. The van der Waals surface area contributed by atoms with Crippen LogP contribution in [0.15, 0.2) is 33.7 Å². The van der Waals surface area contributed by atoms with Gasteiger partial charge in [0.05, 0.1) is 18.0 Å². The van der Waals surface area contributed by atoms with E-state index in [4.69, 9.17) is 9.26 Å². The first-order valence-electron chi connectivity index (χ1n) is 10.1. The van der Waals surface area contributed by atoms with Crippen molar-refractivity contribution in [2.45, 2.75) is 44.6 Å². The Morgan fingerprint density at radius 3 is 2.47 bits per heavy atom. The average Bonchev–Trinajstić information content (AvgIpc) is 3.21. The molecule has 1 aliphatic rings. The minimum Gasteiger partial charge on any atom is -0.494 e. The van der Waals surface area contributed by atoms with Gasteiger partial charge < -0.3 is 14.2 Å². The Balaban J connectivity index is 1.57. The summed E-state index contributed by atoms with van der Waals surface area (Å²) in [4.78, 5) is 18.8. The molecule has 1 saturated heterocycles. The van der Waals surface area contributed by atoms with E-state index in [0.717, 1.165) is 0 Å². The van der Waals surface area contributed by atoms with E-state index in [1.54, 1.807) is 36.2 Å². The van der Waals surface area contributed by atoms with E-state index in [1.807, 2.05) is 13.8 Å². The largest absolute Gasteiger partial charge is 0.494 e. The van der Waals surface area contributed by atoms with Gasteiger partial charge in [-0.1, -0.05) is 12.1 Å².